The number of carboxylic acid groups (broad SMARTS) is 1. The van der Waals surface area contributed by atoms with E-state index in [1.165, 1.54) is 36.5 Å². The van der Waals surface area contributed by atoms with Crippen LogP contribution in [0.2, 0.25) is 10.0 Å². The van der Waals surface area contributed by atoms with Crippen LogP contribution >= 0.6 is 34.5 Å². The maximum absolute atomic E-state index is 12.9. The van der Waals surface area contributed by atoms with Gasteiger partial charge in [-0.1, -0.05) is 61.5 Å². The summed E-state index contributed by atoms with van der Waals surface area (Å²) in [7, 11) is 3.33. The maximum atomic E-state index is 12.9. The highest BCUT2D eigenvalue weighted by atomic mass is 35.5. The van der Waals surface area contributed by atoms with Crippen LogP contribution in [0.15, 0.2) is 41.3 Å². The third-order valence-corrected chi connectivity index (χ3v) is 7.37. The Morgan fingerprint density at radius 1 is 1.18 bits per heavy atom. The van der Waals surface area contributed by atoms with Gasteiger partial charge in [0.1, 0.15) is 5.75 Å². The van der Waals surface area contributed by atoms with Gasteiger partial charge in [-0.05, 0) is 37.6 Å². The van der Waals surface area contributed by atoms with Crippen LogP contribution in [-0.4, -0.2) is 36.2 Å². The number of rotatable bonds is 12. The number of amides is 1. The second kappa shape index (κ2) is 13.8. The van der Waals surface area contributed by atoms with Crippen LogP contribution in [0.25, 0.3) is 17.3 Å². The number of anilines is 1. The summed E-state index contributed by atoms with van der Waals surface area (Å²) >= 11 is 13.9. The molecule has 1 amide bonds. The Kier molecular flexibility index (Phi) is 10.7. The fraction of sp³-hybridized carbons (Fsp3) is 0.321. The van der Waals surface area contributed by atoms with Crippen molar-refractivity contribution < 1.29 is 24.2 Å². The molecule has 0 radical (unpaired) electrons. The van der Waals surface area contributed by atoms with Gasteiger partial charge in [0.2, 0.25) is 0 Å². The first kappa shape index (κ1) is 29.6. The lowest BCUT2D eigenvalue weighted by Crippen LogP contribution is -2.12. The van der Waals surface area contributed by atoms with Gasteiger partial charge in [0.05, 0.1) is 29.0 Å². The zero-order chi connectivity index (χ0) is 27.8. The van der Waals surface area contributed by atoms with E-state index in [1.807, 2.05) is 23.6 Å². The number of hydrogen-bond donors (Lipinski definition) is 2. The van der Waals surface area contributed by atoms with Crippen molar-refractivity contribution in [3.8, 4) is 17.0 Å². The number of aliphatic carboxylic acids is 1. The van der Waals surface area contributed by atoms with Gasteiger partial charge in [-0.15, -0.1) is 11.3 Å². The molecule has 0 aliphatic heterocycles. The van der Waals surface area contributed by atoms with E-state index >= 15 is 0 Å². The molecular weight excluding hydrogens is 547 g/mol. The van der Waals surface area contributed by atoms with Crippen LogP contribution in [0.4, 0.5) is 5.13 Å². The second-order valence-electron chi connectivity index (χ2n) is 8.63. The number of hydrogen-bond acceptors (Lipinski definition) is 6. The quantitative estimate of drug-likeness (QED) is 0.167. The van der Waals surface area contributed by atoms with Gasteiger partial charge in [-0.25, -0.2) is 9.78 Å². The summed E-state index contributed by atoms with van der Waals surface area (Å²) in [6.45, 7) is 3.60. The van der Waals surface area contributed by atoms with E-state index in [0.717, 1.165) is 36.8 Å². The molecule has 0 aliphatic carbocycles. The Labute approximate surface area is 236 Å². The molecule has 0 fully saturated rings. The average Bonchev–Trinajstić information content (AvgIpc) is 3.36. The summed E-state index contributed by atoms with van der Waals surface area (Å²) in [6.07, 6.45) is 5.47. The minimum atomic E-state index is -1.09. The number of thiazole rings is 1. The Morgan fingerprint density at radius 2 is 1.89 bits per heavy atom. The third-order valence-electron chi connectivity index (χ3n) is 5.99. The van der Waals surface area contributed by atoms with Crippen LogP contribution in [0.1, 0.15) is 67.1 Å². The van der Waals surface area contributed by atoms with Gasteiger partial charge < -0.3 is 14.6 Å². The molecule has 2 aromatic carbocycles. The van der Waals surface area contributed by atoms with E-state index in [0.29, 0.717) is 22.1 Å². The number of carboxylic acids is 1. The summed E-state index contributed by atoms with van der Waals surface area (Å²) in [4.78, 5) is 28.7. The van der Waals surface area contributed by atoms with Crippen molar-refractivity contribution in [2.75, 3.05) is 19.5 Å². The van der Waals surface area contributed by atoms with Crippen LogP contribution in [-0.2, 0) is 9.53 Å². The van der Waals surface area contributed by atoms with Gasteiger partial charge in [0.15, 0.2) is 5.13 Å². The molecule has 3 rings (SSSR count). The molecule has 1 aromatic heterocycles. The molecule has 2 N–H and O–H groups in total. The van der Waals surface area contributed by atoms with Crippen molar-refractivity contribution in [1.29, 1.82) is 0 Å². The Bertz CT molecular complexity index is 1320. The molecule has 0 saturated heterocycles. The largest absolute Gasteiger partial charge is 0.496 e. The molecule has 202 valence electrons. The van der Waals surface area contributed by atoms with Crippen molar-refractivity contribution in [2.24, 2.45) is 0 Å². The number of ether oxygens (including phenoxy) is 2. The van der Waals surface area contributed by atoms with Crippen LogP contribution in [0.5, 0.6) is 5.75 Å². The number of aromatic nitrogens is 1. The highest BCUT2D eigenvalue weighted by Crippen LogP contribution is 2.39. The van der Waals surface area contributed by atoms with E-state index in [2.05, 4.69) is 17.2 Å². The standard InChI is InChI=1S/C28H30Cl2N2O5S/c1-5-6-7-11-24(36-3)19-10-8-9-18(25(19)37-4)23-15-38-28(31-23)32-26(33)17-13-21(29)20(22(30)14-17)12-16(2)27(34)35/h8-10,12-15,24H,5-7,11H2,1-4H3,(H,34,35)(H,31,32,33). The predicted octanol–water partition coefficient (Wildman–Crippen LogP) is 8.13. The number of carbonyl (C=O) groups is 2. The Morgan fingerprint density at radius 3 is 2.50 bits per heavy atom. The molecule has 0 aliphatic rings. The predicted molar refractivity (Wildman–Crippen MR) is 154 cm³/mol. The van der Waals surface area contributed by atoms with Gasteiger partial charge in [-0.3, -0.25) is 10.1 Å². The SMILES string of the molecule is CCCCCC(OC)c1cccc(-c2csc(NC(=O)c3cc(Cl)c(C=C(C)C(=O)O)c(Cl)c3)n2)c1OC. The number of benzene rings is 2. The third kappa shape index (κ3) is 7.14. The number of carbonyl (C=O) groups excluding carboxylic acids is 1. The average molecular weight is 578 g/mol. The van der Waals surface area contributed by atoms with Crippen LogP contribution < -0.4 is 10.1 Å². The number of nitrogens with zero attached hydrogens (tertiary/aromatic N) is 1. The lowest BCUT2D eigenvalue weighted by atomic mass is 9.98. The van der Waals surface area contributed by atoms with Gasteiger partial charge in [0.25, 0.3) is 5.91 Å². The zero-order valence-electron chi connectivity index (χ0n) is 21.6. The van der Waals surface area contributed by atoms with E-state index in [-0.39, 0.29) is 27.3 Å². The van der Waals surface area contributed by atoms with Crippen LogP contribution in [0, 0.1) is 0 Å². The van der Waals surface area contributed by atoms with Crippen LogP contribution in [0.3, 0.4) is 0 Å². The molecule has 1 atom stereocenters. The monoisotopic (exact) mass is 576 g/mol. The van der Waals surface area contributed by atoms with Gasteiger partial charge >= 0.3 is 5.97 Å². The van der Waals surface area contributed by atoms with Crippen molar-refractivity contribution in [2.45, 2.75) is 45.6 Å². The minimum absolute atomic E-state index is 0.0681. The molecule has 0 saturated carbocycles. The van der Waals surface area contributed by atoms with Gasteiger partial charge in [0, 0.05) is 40.3 Å². The maximum Gasteiger partial charge on any atom is 0.331 e. The molecule has 3 aromatic rings. The highest BCUT2D eigenvalue weighted by Gasteiger charge is 2.21. The van der Waals surface area contributed by atoms with E-state index in [1.54, 1.807) is 14.2 Å². The number of halogens is 2. The Hall–Kier alpha value is -2.91. The molecule has 38 heavy (non-hydrogen) atoms. The molecular formula is C28H30Cl2N2O5S. The first-order valence-corrected chi connectivity index (χ1v) is 13.7. The van der Waals surface area contributed by atoms with Crippen molar-refractivity contribution in [3.63, 3.8) is 0 Å². The summed E-state index contributed by atoms with van der Waals surface area (Å²) in [6, 6.07) is 8.75. The minimum Gasteiger partial charge on any atom is -0.496 e. The number of methoxy groups -OCH3 is 2. The van der Waals surface area contributed by atoms with E-state index in [4.69, 9.17) is 37.8 Å². The molecule has 1 heterocycles. The lowest BCUT2D eigenvalue weighted by molar-refractivity contribution is -0.132. The summed E-state index contributed by atoms with van der Waals surface area (Å²) in [5, 5.41) is 14.4. The first-order valence-electron chi connectivity index (χ1n) is 12.1. The summed E-state index contributed by atoms with van der Waals surface area (Å²) in [5.74, 6) is -0.843. The molecule has 1 unspecified atom stereocenters. The van der Waals surface area contributed by atoms with E-state index < -0.39 is 11.9 Å². The molecule has 10 heteroatoms. The Balaban J connectivity index is 1.84. The fourth-order valence-corrected chi connectivity index (χ4v) is 5.28. The van der Waals surface area contributed by atoms with Crippen molar-refractivity contribution in [3.05, 3.63) is 68.0 Å². The van der Waals surface area contributed by atoms with Gasteiger partial charge in [-0.2, -0.15) is 0 Å². The molecule has 0 bridgehead atoms. The normalized spacial score (nSPS) is 12.3. The lowest BCUT2D eigenvalue weighted by Gasteiger charge is -2.20. The van der Waals surface area contributed by atoms with Crippen molar-refractivity contribution in [1.82, 2.24) is 4.98 Å². The smallest absolute Gasteiger partial charge is 0.331 e. The second-order valence-corrected chi connectivity index (χ2v) is 10.3. The first-order chi connectivity index (χ1) is 18.2. The summed E-state index contributed by atoms with van der Waals surface area (Å²) < 4.78 is 11.6. The number of nitrogens with one attached hydrogen (secondary N) is 1. The molecule has 0 spiro atoms. The van der Waals surface area contributed by atoms with Crippen molar-refractivity contribution >= 4 is 57.6 Å². The molecule has 7 nitrogen and oxygen atoms in total. The summed E-state index contributed by atoms with van der Waals surface area (Å²) in [5.41, 5.74) is 3.04. The van der Waals surface area contributed by atoms with E-state index in [9.17, 15) is 9.59 Å². The number of para-hydroxylation sites is 1. The number of unbranched alkanes of at least 4 members (excludes halogenated alkanes) is 2. The fourth-order valence-electron chi connectivity index (χ4n) is 3.97. The topological polar surface area (TPSA) is 97.8 Å². The zero-order valence-corrected chi connectivity index (χ0v) is 24.0. The highest BCUT2D eigenvalue weighted by molar-refractivity contribution is 7.14.